The monoisotopic (exact) mass is 235 g/mol. The number of carbonyl (C=O) groups is 1. The second kappa shape index (κ2) is 4.11. The Morgan fingerprint density at radius 3 is 2.88 bits per heavy atom. The standard InChI is InChI=1S/C11H10ClN3O/c12-9-2-5-14-6-8(9)10(16)15-11(7-13)3-1-4-11/h2,5-6H,1,3-4H2,(H,15,16). The van der Waals surface area contributed by atoms with E-state index in [4.69, 9.17) is 16.9 Å². The Bertz CT molecular complexity index is 463. The fourth-order valence-electron chi connectivity index (χ4n) is 1.62. The van der Waals surface area contributed by atoms with Gasteiger partial charge in [-0.05, 0) is 25.3 Å². The van der Waals surface area contributed by atoms with Gasteiger partial charge in [-0.25, -0.2) is 0 Å². The SMILES string of the molecule is N#CC1(NC(=O)c2cnccc2Cl)CCC1. The summed E-state index contributed by atoms with van der Waals surface area (Å²) in [6.07, 6.45) is 5.29. The Balaban J connectivity index is 2.15. The van der Waals surface area contributed by atoms with Crippen LogP contribution in [0.4, 0.5) is 0 Å². The van der Waals surface area contributed by atoms with Gasteiger partial charge in [0.2, 0.25) is 0 Å². The van der Waals surface area contributed by atoms with E-state index < -0.39 is 5.54 Å². The largest absolute Gasteiger partial charge is 0.334 e. The van der Waals surface area contributed by atoms with E-state index in [1.165, 1.54) is 12.4 Å². The molecule has 0 atom stereocenters. The van der Waals surface area contributed by atoms with Gasteiger partial charge in [0.15, 0.2) is 0 Å². The third-order valence-electron chi connectivity index (χ3n) is 2.79. The highest BCUT2D eigenvalue weighted by Crippen LogP contribution is 2.31. The van der Waals surface area contributed by atoms with E-state index >= 15 is 0 Å². The summed E-state index contributed by atoms with van der Waals surface area (Å²) in [4.78, 5) is 15.7. The molecule has 0 aliphatic heterocycles. The Hall–Kier alpha value is -1.60. The van der Waals surface area contributed by atoms with Crippen molar-refractivity contribution in [3.63, 3.8) is 0 Å². The quantitative estimate of drug-likeness (QED) is 0.852. The summed E-state index contributed by atoms with van der Waals surface area (Å²) in [6, 6.07) is 3.69. The molecule has 0 bridgehead atoms. The van der Waals surface area contributed by atoms with Crippen molar-refractivity contribution in [3.05, 3.63) is 29.0 Å². The van der Waals surface area contributed by atoms with Crippen LogP contribution < -0.4 is 5.32 Å². The molecule has 1 aromatic rings. The molecule has 82 valence electrons. The second-order valence-electron chi connectivity index (χ2n) is 3.86. The summed E-state index contributed by atoms with van der Waals surface area (Å²) in [5.41, 5.74) is -0.387. The Morgan fingerprint density at radius 1 is 1.62 bits per heavy atom. The number of amides is 1. The van der Waals surface area contributed by atoms with Gasteiger partial charge >= 0.3 is 0 Å². The first-order valence-corrected chi connectivity index (χ1v) is 5.38. The normalized spacial score (nSPS) is 17.0. The number of rotatable bonds is 2. The molecule has 4 nitrogen and oxygen atoms in total. The number of nitrogens with one attached hydrogen (secondary N) is 1. The molecular formula is C11H10ClN3O. The van der Waals surface area contributed by atoms with Crippen LogP contribution in [-0.4, -0.2) is 16.4 Å². The number of nitriles is 1. The molecule has 1 N–H and O–H groups in total. The van der Waals surface area contributed by atoms with E-state index in [1.807, 2.05) is 0 Å². The van der Waals surface area contributed by atoms with Gasteiger partial charge in [-0.2, -0.15) is 5.26 Å². The minimum Gasteiger partial charge on any atom is -0.334 e. The van der Waals surface area contributed by atoms with Gasteiger partial charge in [0.1, 0.15) is 5.54 Å². The van der Waals surface area contributed by atoms with E-state index in [1.54, 1.807) is 6.07 Å². The summed E-state index contributed by atoms with van der Waals surface area (Å²) >= 11 is 5.87. The molecule has 16 heavy (non-hydrogen) atoms. The topological polar surface area (TPSA) is 65.8 Å². The lowest BCUT2D eigenvalue weighted by Crippen LogP contribution is -2.52. The lowest BCUT2D eigenvalue weighted by molar-refractivity contribution is 0.0881. The Labute approximate surface area is 98.2 Å². The van der Waals surface area contributed by atoms with Crippen molar-refractivity contribution in [2.24, 2.45) is 0 Å². The molecule has 0 unspecified atom stereocenters. The molecule has 1 amide bonds. The number of carbonyl (C=O) groups excluding carboxylic acids is 1. The van der Waals surface area contributed by atoms with Crippen LogP contribution in [0.3, 0.4) is 0 Å². The third kappa shape index (κ3) is 1.86. The van der Waals surface area contributed by atoms with Gasteiger partial charge in [0, 0.05) is 12.4 Å². The van der Waals surface area contributed by atoms with E-state index in [9.17, 15) is 4.79 Å². The van der Waals surface area contributed by atoms with Crippen LogP contribution in [0, 0.1) is 11.3 Å². The maximum atomic E-state index is 11.8. The number of hydrogen-bond acceptors (Lipinski definition) is 3. The van der Waals surface area contributed by atoms with Crippen molar-refractivity contribution in [2.45, 2.75) is 24.8 Å². The van der Waals surface area contributed by atoms with Gasteiger partial charge in [-0.3, -0.25) is 9.78 Å². The highest BCUT2D eigenvalue weighted by atomic mass is 35.5. The van der Waals surface area contributed by atoms with Crippen LogP contribution in [0.15, 0.2) is 18.5 Å². The molecule has 5 heteroatoms. The molecule has 1 aliphatic carbocycles. The molecule has 1 aliphatic rings. The van der Waals surface area contributed by atoms with Crippen molar-refractivity contribution in [3.8, 4) is 6.07 Å². The van der Waals surface area contributed by atoms with Gasteiger partial charge < -0.3 is 5.32 Å². The highest BCUT2D eigenvalue weighted by molar-refractivity contribution is 6.33. The zero-order valence-corrected chi connectivity index (χ0v) is 9.29. The number of nitrogens with zero attached hydrogens (tertiary/aromatic N) is 2. The first-order chi connectivity index (χ1) is 7.67. The summed E-state index contributed by atoms with van der Waals surface area (Å²) in [5.74, 6) is -0.334. The first-order valence-electron chi connectivity index (χ1n) is 5.00. The van der Waals surface area contributed by atoms with Crippen molar-refractivity contribution >= 4 is 17.5 Å². The summed E-state index contributed by atoms with van der Waals surface area (Å²) in [5, 5.41) is 12.0. The molecule has 1 heterocycles. The van der Waals surface area contributed by atoms with Crippen molar-refractivity contribution in [1.29, 1.82) is 5.26 Å². The molecule has 1 aromatic heterocycles. The van der Waals surface area contributed by atoms with Gasteiger partial charge in [-0.1, -0.05) is 11.6 Å². The fourth-order valence-corrected chi connectivity index (χ4v) is 1.82. The lowest BCUT2D eigenvalue weighted by Gasteiger charge is -2.35. The van der Waals surface area contributed by atoms with E-state index in [-0.39, 0.29) is 5.91 Å². The molecular weight excluding hydrogens is 226 g/mol. The molecule has 0 aromatic carbocycles. The average molecular weight is 236 g/mol. The number of halogens is 1. The van der Waals surface area contributed by atoms with E-state index in [2.05, 4.69) is 16.4 Å². The summed E-state index contributed by atoms with van der Waals surface area (Å²) < 4.78 is 0. The first kappa shape index (κ1) is 10.9. The highest BCUT2D eigenvalue weighted by Gasteiger charge is 2.39. The van der Waals surface area contributed by atoms with Crippen LogP contribution in [0.25, 0.3) is 0 Å². The van der Waals surface area contributed by atoms with Crippen LogP contribution in [-0.2, 0) is 0 Å². The zero-order chi connectivity index (χ0) is 11.6. The summed E-state index contributed by atoms with van der Waals surface area (Å²) in [7, 11) is 0. The predicted octanol–water partition coefficient (Wildman–Crippen LogP) is 1.91. The minimum atomic E-state index is -0.698. The lowest BCUT2D eigenvalue weighted by atomic mass is 9.78. The molecule has 2 rings (SSSR count). The van der Waals surface area contributed by atoms with Crippen LogP contribution >= 0.6 is 11.6 Å². The van der Waals surface area contributed by atoms with Gasteiger partial charge in [0.05, 0.1) is 16.7 Å². The average Bonchev–Trinajstić information content (AvgIpc) is 2.24. The van der Waals surface area contributed by atoms with Crippen molar-refractivity contribution < 1.29 is 4.79 Å². The molecule has 0 spiro atoms. The van der Waals surface area contributed by atoms with Crippen molar-refractivity contribution in [1.82, 2.24) is 10.3 Å². The molecule has 0 saturated heterocycles. The van der Waals surface area contributed by atoms with Crippen LogP contribution in [0.5, 0.6) is 0 Å². The molecule has 0 radical (unpaired) electrons. The zero-order valence-electron chi connectivity index (χ0n) is 8.53. The third-order valence-corrected chi connectivity index (χ3v) is 3.12. The minimum absolute atomic E-state index is 0.311. The molecule has 1 saturated carbocycles. The number of hydrogen-bond donors (Lipinski definition) is 1. The van der Waals surface area contributed by atoms with E-state index in [0.29, 0.717) is 23.4 Å². The number of pyridine rings is 1. The smallest absolute Gasteiger partial charge is 0.255 e. The Kier molecular flexibility index (Phi) is 2.80. The fraction of sp³-hybridized carbons (Fsp3) is 0.364. The van der Waals surface area contributed by atoms with Crippen LogP contribution in [0.1, 0.15) is 29.6 Å². The Morgan fingerprint density at radius 2 is 2.38 bits per heavy atom. The van der Waals surface area contributed by atoms with Crippen LogP contribution in [0.2, 0.25) is 5.02 Å². The van der Waals surface area contributed by atoms with Gasteiger partial charge in [0.25, 0.3) is 5.91 Å². The maximum Gasteiger partial charge on any atom is 0.255 e. The molecule has 1 fully saturated rings. The number of aromatic nitrogens is 1. The van der Waals surface area contributed by atoms with Crippen molar-refractivity contribution in [2.75, 3.05) is 0 Å². The second-order valence-corrected chi connectivity index (χ2v) is 4.26. The summed E-state index contributed by atoms with van der Waals surface area (Å²) in [6.45, 7) is 0. The predicted molar refractivity (Wildman–Crippen MR) is 58.9 cm³/mol. The van der Waals surface area contributed by atoms with E-state index in [0.717, 1.165) is 6.42 Å². The van der Waals surface area contributed by atoms with Gasteiger partial charge in [-0.15, -0.1) is 0 Å². The maximum absolute atomic E-state index is 11.8.